The van der Waals surface area contributed by atoms with Crippen molar-refractivity contribution in [2.24, 2.45) is 5.92 Å². The number of carbonyl (C=O) groups is 2. The number of hydrogen-bond acceptors (Lipinski definition) is 5. The molecule has 1 amide bonds. The van der Waals surface area contributed by atoms with Crippen LogP contribution in [-0.4, -0.2) is 59.7 Å². The molecule has 4 rings (SSSR count). The summed E-state index contributed by atoms with van der Waals surface area (Å²) in [5.74, 6) is -1.69. The van der Waals surface area contributed by atoms with Crippen molar-refractivity contribution in [2.75, 3.05) is 31.6 Å². The van der Waals surface area contributed by atoms with Gasteiger partial charge in [0, 0.05) is 37.8 Å². The molecule has 33 heavy (non-hydrogen) atoms. The van der Waals surface area contributed by atoms with Gasteiger partial charge in [0.25, 0.3) is 5.91 Å². The summed E-state index contributed by atoms with van der Waals surface area (Å²) in [6, 6.07) is 8.23. The number of piperidine rings is 1. The van der Waals surface area contributed by atoms with Crippen LogP contribution in [0.2, 0.25) is 5.02 Å². The predicted octanol–water partition coefficient (Wildman–Crippen LogP) is 4.26. The molecule has 0 bridgehead atoms. The Hall–Kier alpha value is -2.71. The number of hydrogen-bond donors (Lipinski definition) is 1. The van der Waals surface area contributed by atoms with E-state index >= 15 is 0 Å². The molecular weight excluding hydrogens is 449 g/mol. The Kier molecular flexibility index (Phi) is 6.33. The van der Waals surface area contributed by atoms with Gasteiger partial charge in [0.05, 0.1) is 28.9 Å². The molecule has 1 saturated heterocycles. The van der Waals surface area contributed by atoms with E-state index in [9.17, 15) is 14.0 Å². The number of carbonyl (C=O) groups excluding carboxylic acids is 1. The first-order valence-electron chi connectivity index (χ1n) is 10.9. The highest BCUT2D eigenvalue weighted by molar-refractivity contribution is 6.30. The second-order valence-electron chi connectivity index (χ2n) is 9.30. The molecule has 1 aromatic heterocycles. The van der Waals surface area contributed by atoms with E-state index < -0.39 is 11.8 Å². The minimum absolute atomic E-state index is 0.0208. The minimum Gasteiger partial charge on any atom is -0.481 e. The first-order valence-corrected chi connectivity index (χ1v) is 11.3. The lowest BCUT2D eigenvalue weighted by atomic mass is 9.90. The Bertz CT molecular complexity index is 1090. The van der Waals surface area contributed by atoms with Gasteiger partial charge < -0.3 is 19.6 Å². The number of halogens is 2. The molecular formula is C24H27ClFN3O4. The van der Waals surface area contributed by atoms with E-state index in [0.717, 1.165) is 11.4 Å². The molecule has 1 aromatic carbocycles. The van der Waals surface area contributed by atoms with Crippen LogP contribution in [0.1, 0.15) is 42.9 Å². The summed E-state index contributed by atoms with van der Waals surface area (Å²) in [4.78, 5) is 32.8. The molecule has 1 N–H and O–H groups in total. The maximum Gasteiger partial charge on any atom is 0.303 e. The van der Waals surface area contributed by atoms with Crippen molar-refractivity contribution in [1.82, 2.24) is 9.88 Å². The number of amides is 1. The Labute approximate surface area is 197 Å². The van der Waals surface area contributed by atoms with Crippen LogP contribution in [0.5, 0.6) is 0 Å². The third-order valence-electron chi connectivity index (χ3n) is 6.52. The van der Waals surface area contributed by atoms with E-state index in [4.69, 9.17) is 26.4 Å². The molecule has 7 nitrogen and oxygen atoms in total. The molecule has 2 aliphatic rings. The summed E-state index contributed by atoms with van der Waals surface area (Å²) in [5.41, 5.74) is 2.25. The van der Waals surface area contributed by atoms with E-state index in [1.54, 1.807) is 17.0 Å². The first kappa shape index (κ1) is 23.4. The van der Waals surface area contributed by atoms with Gasteiger partial charge >= 0.3 is 5.97 Å². The van der Waals surface area contributed by atoms with E-state index in [2.05, 4.69) is 0 Å². The lowest BCUT2D eigenvalue weighted by Crippen LogP contribution is -2.48. The van der Waals surface area contributed by atoms with Gasteiger partial charge in [-0.05, 0) is 42.7 Å². The van der Waals surface area contributed by atoms with Crippen LogP contribution in [0.25, 0.3) is 0 Å². The molecule has 0 aliphatic carbocycles. The zero-order valence-corrected chi connectivity index (χ0v) is 19.6. The zero-order valence-electron chi connectivity index (χ0n) is 18.8. The van der Waals surface area contributed by atoms with E-state index in [0.29, 0.717) is 37.4 Å². The van der Waals surface area contributed by atoms with Crippen LogP contribution >= 0.6 is 11.6 Å². The van der Waals surface area contributed by atoms with Crippen LogP contribution in [-0.2, 0) is 14.9 Å². The summed E-state index contributed by atoms with van der Waals surface area (Å²) in [7, 11) is 1.54. The summed E-state index contributed by atoms with van der Waals surface area (Å²) in [6.07, 6.45) is 0.246. The number of benzene rings is 1. The van der Waals surface area contributed by atoms with Gasteiger partial charge in [-0.15, -0.1) is 0 Å². The third-order valence-corrected chi connectivity index (χ3v) is 6.82. The Balaban J connectivity index is 1.58. The number of ether oxygens (including phenoxy) is 1. The van der Waals surface area contributed by atoms with Crippen molar-refractivity contribution in [2.45, 2.75) is 38.2 Å². The van der Waals surface area contributed by atoms with Gasteiger partial charge in [-0.1, -0.05) is 25.4 Å². The number of aromatic nitrogens is 1. The maximum absolute atomic E-state index is 14.1. The van der Waals surface area contributed by atoms with Crippen LogP contribution in [0.3, 0.4) is 0 Å². The van der Waals surface area contributed by atoms with Crippen LogP contribution < -0.4 is 4.90 Å². The second kappa shape index (κ2) is 8.91. The number of carboxylic acid groups (broad SMARTS) is 1. The number of aliphatic carboxylic acids is 1. The maximum atomic E-state index is 14.1. The number of carboxylic acids is 1. The number of anilines is 2. The highest BCUT2D eigenvalue weighted by Gasteiger charge is 2.39. The Morgan fingerprint density at radius 2 is 2.06 bits per heavy atom. The number of likely N-dealkylation sites (tertiary alicyclic amines) is 1. The quantitative estimate of drug-likeness (QED) is 0.696. The standard InChI is InChI=1S/C24H27ClFN3O4/c1-24(2)13-29(15-4-5-16(25)17(26)11-15)19-7-6-18(27-22(19)24)23(32)28-9-8-14(10-21(30)31)20(12-28)33-3/h4-7,11,14,20H,8-10,12-13H2,1-3H3,(H,30,31)/t14-,20-/m1/s1. The monoisotopic (exact) mass is 475 g/mol. The van der Waals surface area contributed by atoms with Crippen molar-refractivity contribution in [3.05, 3.63) is 52.6 Å². The fourth-order valence-corrected chi connectivity index (χ4v) is 4.88. The zero-order chi connectivity index (χ0) is 23.9. The fourth-order valence-electron chi connectivity index (χ4n) is 4.76. The van der Waals surface area contributed by atoms with Gasteiger partial charge in [0.15, 0.2) is 0 Å². The van der Waals surface area contributed by atoms with Gasteiger partial charge in [0.1, 0.15) is 11.5 Å². The number of methoxy groups -OCH3 is 1. The number of rotatable bonds is 5. The Morgan fingerprint density at radius 3 is 2.73 bits per heavy atom. The van der Waals surface area contributed by atoms with Gasteiger partial charge in [-0.25, -0.2) is 9.37 Å². The molecule has 0 saturated carbocycles. The molecule has 1 fully saturated rings. The minimum atomic E-state index is -0.866. The number of fused-ring (bicyclic) bond motifs is 1. The number of nitrogens with zero attached hydrogens (tertiary/aromatic N) is 3. The summed E-state index contributed by atoms with van der Waals surface area (Å²) < 4.78 is 19.6. The molecule has 2 aliphatic heterocycles. The average Bonchev–Trinajstić information content (AvgIpc) is 3.05. The molecule has 0 radical (unpaired) electrons. The van der Waals surface area contributed by atoms with Crippen molar-refractivity contribution in [1.29, 1.82) is 0 Å². The van der Waals surface area contributed by atoms with E-state index in [1.807, 2.05) is 24.8 Å². The van der Waals surface area contributed by atoms with Crippen molar-refractivity contribution >= 4 is 34.9 Å². The van der Waals surface area contributed by atoms with Crippen LogP contribution in [0.4, 0.5) is 15.8 Å². The summed E-state index contributed by atoms with van der Waals surface area (Å²) >= 11 is 5.84. The van der Waals surface area contributed by atoms with Crippen LogP contribution in [0, 0.1) is 11.7 Å². The molecule has 0 spiro atoms. The van der Waals surface area contributed by atoms with Crippen molar-refractivity contribution in [3.8, 4) is 0 Å². The van der Waals surface area contributed by atoms with Gasteiger partial charge in [-0.3, -0.25) is 9.59 Å². The summed E-state index contributed by atoms with van der Waals surface area (Å²) in [5, 5.41) is 9.19. The topological polar surface area (TPSA) is 83.0 Å². The highest BCUT2D eigenvalue weighted by Crippen LogP contribution is 2.43. The first-order chi connectivity index (χ1) is 15.6. The smallest absolute Gasteiger partial charge is 0.303 e. The van der Waals surface area contributed by atoms with Gasteiger partial charge in [0.2, 0.25) is 0 Å². The fraction of sp³-hybridized carbons (Fsp3) is 0.458. The lowest BCUT2D eigenvalue weighted by molar-refractivity contribution is -0.140. The number of pyridine rings is 1. The molecule has 2 aromatic rings. The van der Waals surface area contributed by atoms with E-state index in [1.165, 1.54) is 19.2 Å². The van der Waals surface area contributed by atoms with Gasteiger partial charge in [-0.2, -0.15) is 0 Å². The van der Waals surface area contributed by atoms with Crippen LogP contribution in [0.15, 0.2) is 30.3 Å². The van der Waals surface area contributed by atoms with Crippen molar-refractivity contribution in [3.63, 3.8) is 0 Å². The molecule has 3 heterocycles. The summed E-state index contributed by atoms with van der Waals surface area (Å²) in [6.45, 7) is 5.44. The third kappa shape index (κ3) is 4.54. The average molecular weight is 476 g/mol. The highest BCUT2D eigenvalue weighted by atomic mass is 35.5. The van der Waals surface area contributed by atoms with E-state index in [-0.39, 0.29) is 34.8 Å². The normalized spacial score (nSPS) is 21.7. The molecule has 2 atom stereocenters. The SMILES string of the molecule is CO[C@@H]1CN(C(=O)c2ccc3c(n2)C(C)(C)CN3c2ccc(Cl)c(F)c2)CC[C@@H]1CC(=O)O. The molecule has 176 valence electrons. The molecule has 0 unspecified atom stereocenters. The predicted molar refractivity (Wildman–Crippen MR) is 123 cm³/mol. The molecule has 9 heteroatoms. The second-order valence-corrected chi connectivity index (χ2v) is 9.71. The lowest BCUT2D eigenvalue weighted by Gasteiger charge is -2.37. The van der Waals surface area contributed by atoms with Crippen molar-refractivity contribution < 1.29 is 23.8 Å². The Morgan fingerprint density at radius 1 is 1.30 bits per heavy atom. The largest absolute Gasteiger partial charge is 0.481 e.